The van der Waals surface area contributed by atoms with E-state index in [9.17, 15) is 0 Å². The third-order valence-corrected chi connectivity index (χ3v) is 7.76. The van der Waals surface area contributed by atoms with Crippen molar-refractivity contribution in [2.24, 2.45) is 0 Å². The van der Waals surface area contributed by atoms with Gasteiger partial charge in [0.15, 0.2) is 0 Å². The van der Waals surface area contributed by atoms with Gasteiger partial charge in [0.2, 0.25) is 0 Å². The maximum atomic E-state index is 5.82. The van der Waals surface area contributed by atoms with Gasteiger partial charge in [0.25, 0.3) is 0 Å². The number of aromatic amines is 2. The molecule has 8 rings (SSSR count). The van der Waals surface area contributed by atoms with Gasteiger partial charge >= 0.3 is 97.9 Å². The van der Waals surface area contributed by atoms with Crippen LogP contribution in [0.1, 0.15) is 22.8 Å². The van der Waals surface area contributed by atoms with Gasteiger partial charge in [0, 0.05) is 22.1 Å². The molecule has 0 spiro atoms. The minimum atomic E-state index is 0.899. The van der Waals surface area contributed by atoms with Crippen molar-refractivity contribution in [3.63, 3.8) is 0 Å². The zero-order valence-corrected chi connectivity index (χ0v) is 23.9. The van der Waals surface area contributed by atoms with Crippen LogP contribution in [0, 0.1) is 0 Å². The fourth-order valence-electron chi connectivity index (χ4n) is 4.66. The number of nitrogens with zero attached hydrogens (tertiary/aromatic N) is 2. The molecule has 7 heteroatoms. The number of H-pyrrole nitrogens is 2. The Morgan fingerprint density at radius 3 is 1.56 bits per heavy atom. The van der Waals surface area contributed by atoms with Gasteiger partial charge in [-0.25, -0.2) is 9.97 Å². The predicted octanol–water partition coefficient (Wildman–Crippen LogP) is 7.36. The third kappa shape index (κ3) is 5.05. The quantitative estimate of drug-likeness (QED) is 0.170. The van der Waals surface area contributed by atoms with Gasteiger partial charge in [-0.1, -0.05) is 0 Å². The molecule has 0 radical (unpaired) electrons. The molecule has 0 amide bonds. The van der Waals surface area contributed by atoms with E-state index in [0.717, 1.165) is 86.0 Å². The van der Waals surface area contributed by atoms with Crippen LogP contribution in [-0.2, 0) is 18.3 Å². The second-order valence-electron chi connectivity index (χ2n) is 9.42. The molecule has 0 aliphatic carbocycles. The van der Waals surface area contributed by atoms with Crippen LogP contribution in [0.15, 0.2) is 91.0 Å². The minimum absolute atomic E-state index is 0.899. The summed E-state index contributed by atoms with van der Waals surface area (Å²) in [5, 5.41) is 3.42. The van der Waals surface area contributed by atoms with Gasteiger partial charge in [-0.2, -0.15) is 0 Å². The molecule has 2 aromatic carbocycles. The molecule has 0 fully saturated rings. The maximum absolute atomic E-state index is 5.82. The van der Waals surface area contributed by atoms with E-state index in [0.29, 0.717) is 0 Å². The van der Waals surface area contributed by atoms with Crippen molar-refractivity contribution in [1.29, 1.82) is 0 Å². The normalized spacial score (nSPS) is 12.5. The summed E-state index contributed by atoms with van der Waals surface area (Å²) in [6.45, 7) is 0. The molecule has 3 aliphatic rings. The Morgan fingerprint density at radius 2 is 1.03 bits per heavy atom. The molecule has 3 aliphatic heterocycles. The Morgan fingerprint density at radius 1 is 0.538 bits per heavy atom. The summed E-state index contributed by atoms with van der Waals surface area (Å²) in [6, 6.07) is 30.5. The van der Waals surface area contributed by atoms with Crippen LogP contribution in [0.25, 0.3) is 46.4 Å². The Labute approximate surface area is 234 Å². The number of para-hydroxylation sites is 3. The molecule has 8 bridgehead atoms. The van der Waals surface area contributed by atoms with Crippen LogP contribution in [-0.4, -0.2) is 19.9 Å². The van der Waals surface area contributed by atoms with Gasteiger partial charge in [-0.05, 0) is 72.8 Å². The van der Waals surface area contributed by atoms with E-state index in [1.165, 1.54) is 4.16 Å². The number of hydrogen-bond acceptors (Lipinski definition) is 4. The summed E-state index contributed by atoms with van der Waals surface area (Å²) in [4.78, 5) is 16.0. The zero-order valence-electron chi connectivity index (χ0n) is 21.0. The Balaban J connectivity index is 0.000000145. The molecule has 0 unspecified atom stereocenters. The summed E-state index contributed by atoms with van der Waals surface area (Å²) < 4.78 is 7.14. The van der Waals surface area contributed by atoms with Crippen LogP contribution in [0.5, 0.6) is 11.5 Å². The molecule has 0 saturated heterocycles. The number of aromatic nitrogens is 4. The van der Waals surface area contributed by atoms with Gasteiger partial charge in [0.1, 0.15) is 0 Å². The Hall–Kier alpha value is -4.74. The van der Waals surface area contributed by atoms with Crippen molar-refractivity contribution in [3.8, 4) is 11.5 Å². The molecule has 6 nitrogen and oxygen atoms in total. The van der Waals surface area contributed by atoms with Crippen molar-refractivity contribution < 1.29 is 23.0 Å². The summed E-state index contributed by atoms with van der Waals surface area (Å²) >= 11 is 1.13. The average molecular weight is 558 g/mol. The first kappa shape index (κ1) is 23.4. The molecule has 183 valence electrons. The standard InChI is InChI=1S/C20H14N4.C12H8NO.Zn/c1-2-14-10-16-5-6-18(23-16)12-20-8-7-19(24-20)11-17-4-3-15(22-17)9-13(1)21-14;1-3-7-11-9(5-1)13-10-6-2-4-8-12(10)14-11;/h1-12,21,24H;1-5,7-8,13H;. The van der Waals surface area contributed by atoms with Crippen molar-refractivity contribution in [2.45, 2.75) is 0 Å². The van der Waals surface area contributed by atoms with E-state index in [1.54, 1.807) is 0 Å². The fraction of sp³-hybridized carbons (Fsp3) is 0. The molecule has 0 saturated carbocycles. The molecule has 3 aromatic heterocycles. The van der Waals surface area contributed by atoms with Crippen molar-refractivity contribution in [2.75, 3.05) is 5.32 Å². The Kier molecular flexibility index (Phi) is 5.91. The monoisotopic (exact) mass is 556 g/mol. The van der Waals surface area contributed by atoms with E-state index in [1.807, 2.05) is 85.0 Å². The molecule has 39 heavy (non-hydrogen) atoms. The van der Waals surface area contributed by atoms with E-state index in [2.05, 4.69) is 55.6 Å². The van der Waals surface area contributed by atoms with Gasteiger partial charge in [-0.15, -0.1) is 0 Å². The first-order chi connectivity index (χ1) is 19.1. The van der Waals surface area contributed by atoms with Crippen LogP contribution in [0.4, 0.5) is 11.4 Å². The van der Waals surface area contributed by atoms with Crippen molar-refractivity contribution in [1.82, 2.24) is 19.9 Å². The van der Waals surface area contributed by atoms with Crippen LogP contribution < -0.4 is 14.2 Å². The van der Waals surface area contributed by atoms with Crippen LogP contribution in [0.3, 0.4) is 0 Å². The molecule has 3 N–H and O–H groups in total. The van der Waals surface area contributed by atoms with Crippen LogP contribution in [0.2, 0.25) is 0 Å². The number of nitrogens with one attached hydrogen (secondary N) is 3. The summed E-state index contributed by atoms with van der Waals surface area (Å²) in [6.07, 6.45) is 8.09. The number of rotatable bonds is 0. The molecule has 0 atom stereocenters. The fourth-order valence-corrected chi connectivity index (χ4v) is 5.50. The van der Waals surface area contributed by atoms with E-state index in [-0.39, 0.29) is 0 Å². The SMILES string of the molecule is C1=Cc2cc3ccc(cc4nc(cc5ccc(cc1n2)[nH]5)C=C4)[nH]3.[Zn][c]1cccc2c1Nc1ccccc1O2. The number of fused-ring (bicyclic) bond motifs is 10. The molecular weight excluding hydrogens is 536 g/mol. The Bertz CT molecular complexity index is 1770. The van der Waals surface area contributed by atoms with Gasteiger partial charge in [-0.3, -0.25) is 0 Å². The van der Waals surface area contributed by atoms with E-state index in [4.69, 9.17) is 4.74 Å². The van der Waals surface area contributed by atoms with Crippen LogP contribution >= 0.6 is 0 Å². The van der Waals surface area contributed by atoms with Gasteiger partial charge in [0.05, 0.1) is 22.8 Å². The average Bonchev–Trinajstić information content (AvgIpc) is 3.75. The molecule has 6 heterocycles. The molecular formula is C32H22N5OZn. The number of ether oxygens (including phenoxy) is 1. The first-order valence-corrected chi connectivity index (χ1v) is 14.2. The summed E-state index contributed by atoms with van der Waals surface area (Å²) in [7, 11) is 0. The van der Waals surface area contributed by atoms with Gasteiger partial charge < -0.3 is 9.97 Å². The van der Waals surface area contributed by atoms with E-state index >= 15 is 0 Å². The summed E-state index contributed by atoms with van der Waals surface area (Å²) in [5.41, 5.74) is 10.0. The van der Waals surface area contributed by atoms with Crippen molar-refractivity contribution >= 4 is 61.9 Å². The molecule has 5 aromatic rings. The predicted molar refractivity (Wildman–Crippen MR) is 155 cm³/mol. The topological polar surface area (TPSA) is 78.6 Å². The second kappa shape index (κ2) is 9.86. The van der Waals surface area contributed by atoms with E-state index < -0.39 is 0 Å². The third-order valence-electron chi connectivity index (χ3n) is 6.52. The number of anilines is 2. The zero-order chi connectivity index (χ0) is 26.2. The second-order valence-corrected chi connectivity index (χ2v) is 11.0. The number of benzene rings is 2. The number of hydrogen-bond donors (Lipinski definition) is 3. The van der Waals surface area contributed by atoms with Crippen molar-refractivity contribution in [3.05, 3.63) is 114 Å². The summed E-state index contributed by atoms with van der Waals surface area (Å²) in [5.74, 6) is 1.83. The first-order valence-electron chi connectivity index (χ1n) is 12.7.